The summed E-state index contributed by atoms with van der Waals surface area (Å²) in [5, 5.41) is 14.9. The standard InChI is InChI=1S/C24H21N7/c1-4-21-19(8-15(2)17-11-27-31(3)14-17)24(30-29-21)22-9-18-20(12-26-13-23(18)28-22)16-6-5-7-25-10-16/h4-14,28-29H,2H2,1,3H3/b19-8+,21-4+. The Labute approximate surface area is 178 Å². The molecule has 0 unspecified atom stereocenters. The summed E-state index contributed by atoms with van der Waals surface area (Å²) in [5.74, 6) is 0. The molecule has 5 rings (SSSR count). The van der Waals surface area contributed by atoms with Gasteiger partial charge in [0.25, 0.3) is 0 Å². The van der Waals surface area contributed by atoms with E-state index in [1.165, 1.54) is 0 Å². The minimum Gasteiger partial charge on any atom is -0.352 e. The van der Waals surface area contributed by atoms with Crippen LogP contribution in [0.25, 0.3) is 51.1 Å². The molecule has 5 aromatic heterocycles. The van der Waals surface area contributed by atoms with E-state index >= 15 is 0 Å². The Morgan fingerprint density at radius 2 is 2.06 bits per heavy atom. The van der Waals surface area contributed by atoms with Crippen LogP contribution < -0.4 is 10.6 Å². The molecule has 0 saturated heterocycles. The third-order valence-corrected chi connectivity index (χ3v) is 5.29. The highest BCUT2D eigenvalue weighted by atomic mass is 15.2. The molecule has 0 bridgehead atoms. The van der Waals surface area contributed by atoms with Crippen molar-refractivity contribution in [1.29, 1.82) is 0 Å². The first-order chi connectivity index (χ1) is 15.1. The number of hydrogen-bond donors (Lipinski definition) is 2. The molecule has 2 N–H and O–H groups in total. The van der Waals surface area contributed by atoms with Crippen LogP contribution >= 0.6 is 0 Å². The quantitative estimate of drug-likeness (QED) is 0.479. The van der Waals surface area contributed by atoms with Crippen molar-refractivity contribution in [2.24, 2.45) is 7.05 Å². The van der Waals surface area contributed by atoms with E-state index in [2.05, 4.69) is 42.9 Å². The fraction of sp³-hybridized carbons (Fsp3) is 0.0833. The Hall–Kier alpha value is -4.26. The van der Waals surface area contributed by atoms with Gasteiger partial charge in [-0.05, 0) is 30.7 Å². The molecule has 0 aliphatic rings. The fourth-order valence-electron chi connectivity index (χ4n) is 3.71. The van der Waals surface area contributed by atoms with Gasteiger partial charge in [0.1, 0.15) is 5.69 Å². The zero-order chi connectivity index (χ0) is 21.4. The lowest BCUT2D eigenvalue weighted by Crippen LogP contribution is -2.23. The van der Waals surface area contributed by atoms with Crippen LogP contribution in [0.2, 0.25) is 0 Å². The molecule has 0 aliphatic heterocycles. The number of pyridine rings is 2. The number of nitrogens with zero attached hydrogens (tertiary/aromatic N) is 5. The Bertz CT molecular complexity index is 1520. The number of aromatic amines is 2. The van der Waals surface area contributed by atoms with Gasteiger partial charge in [0, 0.05) is 59.1 Å². The van der Waals surface area contributed by atoms with Crippen molar-refractivity contribution in [3.8, 4) is 22.5 Å². The second kappa shape index (κ2) is 7.53. The Balaban J connectivity index is 1.68. The van der Waals surface area contributed by atoms with Gasteiger partial charge in [-0.25, -0.2) is 0 Å². The van der Waals surface area contributed by atoms with Crippen molar-refractivity contribution in [2.45, 2.75) is 6.92 Å². The van der Waals surface area contributed by atoms with Gasteiger partial charge in [0.2, 0.25) is 0 Å². The van der Waals surface area contributed by atoms with Gasteiger partial charge in [-0.2, -0.15) is 10.2 Å². The molecule has 152 valence electrons. The van der Waals surface area contributed by atoms with E-state index in [0.717, 1.165) is 55.1 Å². The van der Waals surface area contributed by atoms with Gasteiger partial charge in [-0.15, -0.1) is 0 Å². The van der Waals surface area contributed by atoms with Crippen molar-refractivity contribution in [3.05, 3.63) is 78.1 Å². The first kappa shape index (κ1) is 18.7. The van der Waals surface area contributed by atoms with Crippen molar-refractivity contribution in [1.82, 2.24) is 34.9 Å². The zero-order valence-electron chi connectivity index (χ0n) is 17.3. The highest BCUT2D eigenvalue weighted by molar-refractivity contribution is 5.97. The van der Waals surface area contributed by atoms with E-state index in [-0.39, 0.29) is 0 Å². The highest BCUT2D eigenvalue weighted by Gasteiger charge is 2.13. The average molecular weight is 407 g/mol. The molecule has 0 spiro atoms. The van der Waals surface area contributed by atoms with E-state index < -0.39 is 0 Å². The molecule has 0 fully saturated rings. The van der Waals surface area contributed by atoms with Crippen LogP contribution in [0.1, 0.15) is 12.5 Å². The molecule has 0 radical (unpaired) electrons. The number of aryl methyl sites for hydroxylation is 1. The predicted molar refractivity (Wildman–Crippen MR) is 123 cm³/mol. The van der Waals surface area contributed by atoms with E-state index in [9.17, 15) is 0 Å². The summed E-state index contributed by atoms with van der Waals surface area (Å²) in [7, 11) is 1.89. The van der Waals surface area contributed by atoms with Crippen LogP contribution in [0.15, 0.2) is 62.0 Å². The van der Waals surface area contributed by atoms with Crippen LogP contribution in [0.3, 0.4) is 0 Å². The molecule has 31 heavy (non-hydrogen) atoms. The lowest BCUT2D eigenvalue weighted by molar-refractivity contribution is 0.767. The van der Waals surface area contributed by atoms with Crippen molar-refractivity contribution in [3.63, 3.8) is 0 Å². The molecule has 5 aromatic rings. The molecule has 5 heterocycles. The Morgan fingerprint density at radius 1 is 1.16 bits per heavy atom. The number of fused-ring (bicyclic) bond motifs is 1. The summed E-state index contributed by atoms with van der Waals surface area (Å²) in [5.41, 5.74) is 6.56. The van der Waals surface area contributed by atoms with Crippen LogP contribution in [0.5, 0.6) is 0 Å². The number of H-pyrrole nitrogens is 2. The SMILES string of the molecule is C=C(/C=c1/c(-c2cc3c(-c4cccnc4)cncc3[nH]2)n[nH]/c1=C/C)c1cnn(C)c1. The normalized spacial score (nSPS) is 12.7. The van der Waals surface area contributed by atoms with Crippen LogP contribution in [-0.2, 0) is 7.05 Å². The van der Waals surface area contributed by atoms with Gasteiger partial charge >= 0.3 is 0 Å². The Morgan fingerprint density at radius 3 is 2.81 bits per heavy atom. The summed E-state index contributed by atoms with van der Waals surface area (Å²) in [6, 6.07) is 6.07. The Kier molecular flexibility index (Phi) is 4.55. The molecule has 7 nitrogen and oxygen atoms in total. The third kappa shape index (κ3) is 3.36. The smallest absolute Gasteiger partial charge is 0.116 e. The van der Waals surface area contributed by atoms with E-state index in [1.54, 1.807) is 10.9 Å². The van der Waals surface area contributed by atoms with Gasteiger partial charge in [0.15, 0.2) is 0 Å². The molecule has 0 saturated carbocycles. The molecule has 0 aliphatic carbocycles. The molecular formula is C24H21N7. The van der Waals surface area contributed by atoms with E-state index in [0.29, 0.717) is 0 Å². The van der Waals surface area contributed by atoms with Gasteiger partial charge in [-0.3, -0.25) is 19.7 Å². The predicted octanol–water partition coefficient (Wildman–Crippen LogP) is 3.04. The minimum absolute atomic E-state index is 0.825. The first-order valence-corrected chi connectivity index (χ1v) is 9.92. The van der Waals surface area contributed by atoms with Gasteiger partial charge in [0.05, 0.1) is 29.0 Å². The van der Waals surface area contributed by atoms with Crippen LogP contribution in [0.4, 0.5) is 0 Å². The first-order valence-electron chi connectivity index (χ1n) is 9.92. The van der Waals surface area contributed by atoms with E-state index in [1.807, 2.05) is 69.2 Å². The van der Waals surface area contributed by atoms with Crippen molar-refractivity contribution in [2.75, 3.05) is 0 Å². The molecular weight excluding hydrogens is 386 g/mol. The molecule has 0 amide bonds. The largest absolute Gasteiger partial charge is 0.352 e. The summed E-state index contributed by atoms with van der Waals surface area (Å²) >= 11 is 0. The van der Waals surface area contributed by atoms with Crippen molar-refractivity contribution < 1.29 is 0 Å². The van der Waals surface area contributed by atoms with Crippen molar-refractivity contribution >= 4 is 28.6 Å². The number of nitrogens with one attached hydrogen (secondary N) is 2. The topological polar surface area (TPSA) is 88.1 Å². The third-order valence-electron chi connectivity index (χ3n) is 5.29. The van der Waals surface area contributed by atoms with Gasteiger partial charge < -0.3 is 4.98 Å². The maximum Gasteiger partial charge on any atom is 0.116 e. The molecule has 0 aromatic carbocycles. The lowest BCUT2D eigenvalue weighted by Gasteiger charge is -2.01. The zero-order valence-corrected chi connectivity index (χ0v) is 17.3. The van der Waals surface area contributed by atoms with Crippen LogP contribution in [-0.4, -0.2) is 34.9 Å². The second-order valence-corrected chi connectivity index (χ2v) is 7.33. The second-order valence-electron chi connectivity index (χ2n) is 7.33. The van der Waals surface area contributed by atoms with E-state index in [4.69, 9.17) is 0 Å². The number of rotatable bonds is 4. The average Bonchev–Trinajstić information content (AvgIpc) is 3.51. The summed E-state index contributed by atoms with van der Waals surface area (Å²) in [4.78, 5) is 12.1. The maximum atomic E-state index is 4.59. The van der Waals surface area contributed by atoms with Crippen LogP contribution in [0, 0.1) is 0 Å². The minimum atomic E-state index is 0.825. The number of hydrogen-bond acceptors (Lipinski definition) is 4. The highest BCUT2D eigenvalue weighted by Crippen LogP contribution is 2.29. The van der Waals surface area contributed by atoms with Gasteiger partial charge in [-0.1, -0.05) is 18.7 Å². The molecule has 7 heteroatoms. The lowest BCUT2D eigenvalue weighted by atomic mass is 10.1. The molecule has 0 atom stereocenters. The summed E-state index contributed by atoms with van der Waals surface area (Å²) in [6.07, 6.45) is 15.1. The number of allylic oxidation sites excluding steroid dienone is 1. The number of aromatic nitrogens is 7. The monoisotopic (exact) mass is 407 g/mol. The summed E-state index contributed by atoms with van der Waals surface area (Å²) in [6.45, 7) is 6.21. The fourth-order valence-corrected chi connectivity index (χ4v) is 3.71. The maximum absolute atomic E-state index is 4.59. The summed E-state index contributed by atoms with van der Waals surface area (Å²) < 4.78 is 1.77.